The van der Waals surface area contributed by atoms with Gasteiger partial charge in [-0.3, -0.25) is 9.36 Å². The Labute approximate surface area is 113 Å². The number of thiazole rings is 1. The minimum atomic E-state index is -0.0622. The van der Waals surface area contributed by atoms with Gasteiger partial charge in [-0.25, -0.2) is 0 Å². The van der Waals surface area contributed by atoms with Crippen molar-refractivity contribution in [1.82, 2.24) is 4.57 Å². The Morgan fingerprint density at radius 3 is 2.68 bits per heavy atom. The van der Waals surface area contributed by atoms with Gasteiger partial charge in [-0.15, -0.1) is 0 Å². The highest BCUT2D eigenvalue weighted by Crippen LogP contribution is 2.22. The first-order valence-electron chi connectivity index (χ1n) is 5.81. The quantitative estimate of drug-likeness (QED) is 0.774. The van der Waals surface area contributed by atoms with E-state index in [0.29, 0.717) is 0 Å². The molecule has 3 aromatic rings. The first kappa shape index (κ1) is 11.7. The van der Waals surface area contributed by atoms with Crippen molar-refractivity contribution in [3.8, 4) is 5.75 Å². The molecule has 0 saturated heterocycles. The fraction of sp³-hybridized carbons (Fsp3) is 0. The first-order valence-corrected chi connectivity index (χ1v) is 6.63. The molecule has 0 amide bonds. The van der Waals surface area contributed by atoms with Gasteiger partial charge in [0, 0.05) is 6.20 Å². The molecule has 0 unspecified atom stereocenters. The lowest BCUT2D eigenvalue weighted by molar-refractivity contribution is 0.476. The fourth-order valence-electron chi connectivity index (χ4n) is 1.89. The van der Waals surface area contributed by atoms with E-state index in [1.54, 1.807) is 29.0 Å². The smallest absolute Gasteiger partial charge is 0.312 e. The summed E-state index contributed by atoms with van der Waals surface area (Å²) in [5, 5.41) is 9.42. The number of benzene rings is 2. The van der Waals surface area contributed by atoms with Crippen LogP contribution in [0, 0.1) is 0 Å². The van der Waals surface area contributed by atoms with Gasteiger partial charge in [-0.2, -0.15) is 0 Å². The molecule has 0 aliphatic heterocycles. The van der Waals surface area contributed by atoms with Crippen LogP contribution in [-0.2, 0) is 0 Å². The maximum Gasteiger partial charge on any atom is 0.312 e. The van der Waals surface area contributed by atoms with Gasteiger partial charge in [-0.05, 0) is 29.8 Å². The van der Waals surface area contributed by atoms with Crippen molar-refractivity contribution < 1.29 is 5.11 Å². The minimum Gasteiger partial charge on any atom is -0.508 e. The summed E-state index contributed by atoms with van der Waals surface area (Å²) in [6.45, 7) is 0. The molecule has 19 heavy (non-hydrogen) atoms. The van der Waals surface area contributed by atoms with Crippen LogP contribution in [0.2, 0.25) is 0 Å². The Balaban J connectivity index is 2.08. The second-order valence-corrected chi connectivity index (χ2v) is 5.11. The second kappa shape index (κ2) is 4.74. The van der Waals surface area contributed by atoms with Crippen molar-refractivity contribution in [2.75, 3.05) is 0 Å². The molecule has 0 atom stereocenters. The topological polar surface area (TPSA) is 42.2 Å². The van der Waals surface area contributed by atoms with E-state index in [4.69, 9.17) is 0 Å². The van der Waals surface area contributed by atoms with E-state index in [1.165, 1.54) is 0 Å². The van der Waals surface area contributed by atoms with E-state index in [1.807, 2.05) is 36.4 Å². The summed E-state index contributed by atoms with van der Waals surface area (Å²) in [7, 11) is 0. The van der Waals surface area contributed by atoms with Gasteiger partial charge in [0.05, 0.1) is 10.2 Å². The molecule has 2 aromatic carbocycles. The number of phenols is 1. The van der Waals surface area contributed by atoms with Gasteiger partial charge in [0.2, 0.25) is 0 Å². The Morgan fingerprint density at radius 1 is 1.11 bits per heavy atom. The molecule has 0 bridgehead atoms. The van der Waals surface area contributed by atoms with E-state index in [2.05, 4.69) is 0 Å². The average molecular weight is 269 g/mol. The molecule has 1 aromatic heterocycles. The lowest BCUT2D eigenvalue weighted by atomic mass is 10.2. The molecule has 0 aliphatic rings. The Kier molecular flexibility index (Phi) is 2.93. The maximum absolute atomic E-state index is 11.9. The number of aromatic hydroxyl groups is 1. The predicted molar refractivity (Wildman–Crippen MR) is 79.4 cm³/mol. The molecule has 1 heterocycles. The van der Waals surface area contributed by atoms with Gasteiger partial charge in [0.1, 0.15) is 5.75 Å². The molecule has 0 fully saturated rings. The number of hydrogen-bond donors (Lipinski definition) is 1. The highest BCUT2D eigenvalue weighted by Gasteiger charge is 2.05. The summed E-state index contributed by atoms with van der Waals surface area (Å²) >= 11 is 1.12. The molecule has 3 rings (SSSR count). The molecule has 3 nitrogen and oxygen atoms in total. The second-order valence-electron chi connectivity index (χ2n) is 4.12. The van der Waals surface area contributed by atoms with Crippen LogP contribution >= 0.6 is 11.3 Å². The SMILES string of the molecule is O=c1sc2cc(O)ccc2n1C=Cc1ccccc1. The molecule has 0 saturated carbocycles. The third kappa shape index (κ3) is 2.30. The van der Waals surface area contributed by atoms with Crippen molar-refractivity contribution in [2.24, 2.45) is 0 Å². The summed E-state index contributed by atoms with van der Waals surface area (Å²) in [5.41, 5.74) is 1.84. The zero-order chi connectivity index (χ0) is 13.2. The summed E-state index contributed by atoms with van der Waals surface area (Å²) in [6.07, 6.45) is 3.65. The van der Waals surface area contributed by atoms with E-state index >= 15 is 0 Å². The lowest BCUT2D eigenvalue weighted by Gasteiger charge is -1.97. The number of hydrogen-bond acceptors (Lipinski definition) is 3. The van der Waals surface area contributed by atoms with Gasteiger partial charge < -0.3 is 5.11 Å². The number of rotatable bonds is 2. The zero-order valence-electron chi connectivity index (χ0n) is 9.98. The van der Waals surface area contributed by atoms with Crippen LogP contribution in [0.4, 0.5) is 0 Å². The van der Waals surface area contributed by atoms with Gasteiger partial charge in [0.15, 0.2) is 0 Å². The van der Waals surface area contributed by atoms with Crippen molar-refractivity contribution in [3.63, 3.8) is 0 Å². The van der Waals surface area contributed by atoms with Crippen molar-refractivity contribution in [1.29, 1.82) is 0 Å². The molecular formula is C15H11NO2S. The molecule has 94 valence electrons. The predicted octanol–water partition coefficient (Wildman–Crippen LogP) is 3.40. The van der Waals surface area contributed by atoms with Crippen LogP contribution in [0.5, 0.6) is 5.75 Å². The number of nitrogens with zero attached hydrogens (tertiary/aromatic N) is 1. The van der Waals surface area contributed by atoms with E-state index in [9.17, 15) is 9.90 Å². The third-order valence-corrected chi connectivity index (χ3v) is 3.73. The van der Waals surface area contributed by atoms with Gasteiger partial charge in [-0.1, -0.05) is 41.7 Å². The van der Waals surface area contributed by atoms with Crippen molar-refractivity contribution in [3.05, 3.63) is 63.8 Å². The largest absolute Gasteiger partial charge is 0.508 e. The molecule has 0 radical (unpaired) electrons. The fourth-order valence-corrected chi connectivity index (χ4v) is 2.79. The lowest BCUT2D eigenvalue weighted by Crippen LogP contribution is -2.05. The van der Waals surface area contributed by atoms with Crippen molar-refractivity contribution >= 4 is 33.8 Å². The number of aromatic nitrogens is 1. The number of phenolic OH excluding ortho intramolecular Hbond substituents is 1. The Morgan fingerprint density at radius 2 is 1.89 bits per heavy atom. The molecule has 0 aliphatic carbocycles. The molecule has 4 heteroatoms. The Hall–Kier alpha value is -2.33. The third-order valence-electron chi connectivity index (χ3n) is 2.81. The van der Waals surface area contributed by atoms with E-state index in [-0.39, 0.29) is 10.6 Å². The van der Waals surface area contributed by atoms with E-state index < -0.39 is 0 Å². The highest BCUT2D eigenvalue weighted by molar-refractivity contribution is 7.16. The summed E-state index contributed by atoms with van der Waals surface area (Å²) in [5.74, 6) is 0.174. The van der Waals surface area contributed by atoms with E-state index in [0.717, 1.165) is 27.1 Å². The molecule has 0 spiro atoms. The van der Waals surface area contributed by atoms with Crippen LogP contribution in [0.15, 0.2) is 53.3 Å². The van der Waals surface area contributed by atoms with Crippen LogP contribution in [0.3, 0.4) is 0 Å². The first-order chi connectivity index (χ1) is 9.24. The highest BCUT2D eigenvalue weighted by atomic mass is 32.1. The van der Waals surface area contributed by atoms with Crippen LogP contribution in [-0.4, -0.2) is 9.67 Å². The average Bonchev–Trinajstić information content (AvgIpc) is 2.72. The summed E-state index contributed by atoms with van der Waals surface area (Å²) < 4.78 is 2.37. The molecule has 1 N–H and O–H groups in total. The standard InChI is InChI=1S/C15H11NO2S/c17-12-6-7-13-14(10-12)19-15(18)16(13)9-8-11-4-2-1-3-5-11/h1-10,17H. The van der Waals surface area contributed by atoms with Crippen LogP contribution in [0.1, 0.15) is 5.56 Å². The normalized spacial score (nSPS) is 11.4. The summed E-state index contributed by atoms with van der Waals surface area (Å²) in [6, 6.07) is 14.7. The summed E-state index contributed by atoms with van der Waals surface area (Å²) in [4.78, 5) is 11.9. The zero-order valence-corrected chi connectivity index (χ0v) is 10.8. The minimum absolute atomic E-state index is 0.0622. The molecular weight excluding hydrogens is 258 g/mol. The van der Waals surface area contributed by atoms with Gasteiger partial charge in [0.25, 0.3) is 0 Å². The maximum atomic E-state index is 11.9. The van der Waals surface area contributed by atoms with Gasteiger partial charge >= 0.3 is 4.87 Å². The number of fused-ring (bicyclic) bond motifs is 1. The van der Waals surface area contributed by atoms with Crippen molar-refractivity contribution in [2.45, 2.75) is 0 Å². The van der Waals surface area contributed by atoms with Crippen LogP contribution in [0.25, 0.3) is 22.5 Å². The van der Waals surface area contributed by atoms with Crippen LogP contribution < -0.4 is 4.87 Å². The monoisotopic (exact) mass is 269 g/mol. The Bertz CT molecular complexity index is 800.